The van der Waals surface area contributed by atoms with Crippen molar-refractivity contribution in [3.63, 3.8) is 0 Å². The maximum atomic E-state index is 12.8. The third-order valence-electron chi connectivity index (χ3n) is 5.28. The molecule has 0 unspecified atom stereocenters. The summed E-state index contributed by atoms with van der Waals surface area (Å²) in [5.74, 6) is 1.45. The molecule has 5 nitrogen and oxygen atoms in total. The van der Waals surface area contributed by atoms with Gasteiger partial charge in [-0.1, -0.05) is 41.9 Å². The summed E-state index contributed by atoms with van der Waals surface area (Å²) in [5, 5.41) is 5.98. The van der Waals surface area contributed by atoms with E-state index in [0.29, 0.717) is 41.6 Å². The van der Waals surface area contributed by atoms with E-state index in [1.807, 2.05) is 42.5 Å². The lowest BCUT2D eigenvalue weighted by molar-refractivity contribution is 0.0986. The van der Waals surface area contributed by atoms with E-state index in [9.17, 15) is 4.79 Å². The summed E-state index contributed by atoms with van der Waals surface area (Å²) < 4.78 is 5.26. The molecular weight excluding hydrogens is 442 g/mol. The maximum Gasteiger partial charge on any atom is 0.173 e. The molecule has 0 saturated carbocycles. The minimum absolute atomic E-state index is 0.102. The second-order valence-electron chi connectivity index (χ2n) is 7.51. The van der Waals surface area contributed by atoms with Crippen molar-refractivity contribution in [3.05, 3.63) is 86.7 Å². The first-order valence-electron chi connectivity index (χ1n) is 10.3. The number of nitrogen functional groups attached to an aromatic ring is 1. The van der Waals surface area contributed by atoms with Gasteiger partial charge >= 0.3 is 0 Å². The van der Waals surface area contributed by atoms with E-state index < -0.39 is 0 Å². The van der Waals surface area contributed by atoms with Crippen LogP contribution in [0.1, 0.15) is 32.1 Å². The number of pyridine rings is 1. The van der Waals surface area contributed by atoms with Crippen LogP contribution in [0.4, 0.5) is 5.82 Å². The molecule has 0 fully saturated rings. The predicted octanol–water partition coefficient (Wildman–Crippen LogP) is 5.65. The average molecular weight is 466 g/mol. The van der Waals surface area contributed by atoms with Crippen molar-refractivity contribution in [2.24, 2.45) is 0 Å². The third kappa shape index (κ3) is 5.27. The Morgan fingerprint density at radius 3 is 2.84 bits per heavy atom. The van der Waals surface area contributed by atoms with E-state index in [1.165, 1.54) is 11.3 Å². The van der Waals surface area contributed by atoms with Crippen LogP contribution in [0.3, 0.4) is 0 Å². The van der Waals surface area contributed by atoms with E-state index in [2.05, 4.69) is 16.4 Å². The van der Waals surface area contributed by atoms with Crippen molar-refractivity contribution in [1.82, 2.24) is 10.3 Å². The zero-order valence-corrected chi connectivity index (χ0v) is 19.3. The molecule has 4 aromatic rings. The van der Waals surface area contributed by atoms with Crippen molar-refractivity contribution in [2.45, 2.75) is 25.9 Å². The summed E-state index contributed by atoms with van der Waals surface area (Å²) >= 11 is 7.85. The van der Waals surface area contributed by atoms with Crippen molar-refractivity contribution >= 4 is 45.3 Å². The van der Waals surface area contributed by atoms with Crippen molar-refractivity contribution in [1.29, 1.82) is 0 Å². The van der Waals surface area contributed by atoms with Crippen molar-refractivity contribution in [3.8, 4) is 5.75 Å². The highest BCUT2D eigenvalue weighted by Gasteiger charge is 2.14. The number of fused-ring (bicyclic) bond motifs is 1. The van der Waals surface area contributed by atoms with E-state index in [-0.39, 0.29) is 5.78 Å². The highest BCUT2D eigenvalue weighted by molar-refractivity contribution is 7.14. The number of ether oxygens (including phenoxy) is 1. The second-order valence-corrected chi connectivity index (χ2v) is 9.06. The van der Waals surface area contributed by atoms with Gasteiger partial charge in [-0.2, -0.15) is 0 Å². The first kappa shape index (κ1) is 22.3. The Bertz CT molecular complexity index is 1260. The molecular formula is C25H24ClN3O2S. The number of ketones is 1. The minimum atomic E-state index is 0.102. The topological polar surface area (TPSA) is 77.2 Å². The average Bonchev–Trinajstić information content (AvgIpc) is 3.18. The molecule has 0 atom stereocenters. The molecule has 0 aliphatic heterocycles. The molecule has 0 amide bonds. The molecule has 0 aliphatic rings. The van der Waals surface area contributed by atoms with Crippen LogP contribution < -0.4 is 15.8 Å². The molecule has 0 aliphatic carbocycles. The van der Waals surface area contributed by atoms with Crippen LogP contribution in [-0.4, -0.2) is 17.9 Å². The fourth-order valence-electron chi connectivity index (χ4n) is 3.55. The van der Waals surface area contributed by atoms with Gasteiger partial charge in [-0.3, -0.25) is 4.79 Å². The van der Waals surface area contributed by atoms with Gasteiger partial charge in [-0.15, -0.1) is 11.3 Å². The number of carbonyl (C=O) groups excluding carboxylic acids is 1. The van der Waals surface area contributed by atoms with Gasteiger partial charge in [0.25, 0.3) is 0 Å². The van der Waals surface area contributed by atoms with Gasteiger partial charge in [0.15, 0.2) is 5.78 Å². The van der Waals surface area contributed by atoms with E-state index >= 15 is 0 Å². The van der Waals surface area contributed by atoms with Gasteiger partial charge in [0, 0.05) is 36.0 Å². The van der Waals surface area contributed by atoms with Crippen LogP contribution in [0.25, 0.3) is 10.8 Å². The molecule has 2 aromatic heterocycles. The lowest BCUT2D eigenvalue weighted by Gasteiger charge is -2.06. The first-order valence-corrected chi connectivity index (χ1v) is 11.5. The van der Waals surface area contributed by atoms with Gasteiger partial charge in [-0.25, -0.2) is 4.98 Å². The summed E-state index contributed by atoms with van der Waals surface area (Å²) in [5.41, 5.74) is 8.14. The van der Waals surface area contributed by atoms with Gasteiger partial charge < -0.3 is 15.8 Å². The molecule has 0 spiro atoms. The number of nitrogens with zero attached hydrogens (tertiary/aromatic N) is 1. The molecule has 0 bridgehead atoms. The number of methoxy groups -OCH3 is 1. The highest BCUT2D eigenvalue weighted by atomic mass is 35.5. The van der Waals surface area contributed by atoms with Gasteiger partial charge in [0.2, 0.25) is 0 Å². The van der Waals surface area contributed by atoms with E-state index in [0.717, 1.165) is 32.5 Å². The number of carbonyl (C=O) groups is 1. The third-order valence-corrected chi connectivity index (χ3v) is 6.91. The first-order chi connectivity index (χ1) is 15.5. The normalized spacial score (nSPS) is 11.1. The Balaban J connectivity index is 1.34. The smallest absolute Gasteiger partial charge is 0.173 e. The summed E-state index contributed by atoms with van der Waals surface area (Å²) in [4.78, 5) is 18.5. The number of aryl methyl sites for hydroxylation is 1. The fraction of sp³-hybridized carbons (Fsp3) is 0.200. The number of aromatic nitrogens is 1. The molecule has 4 rings (SSSR count). The Morgan fingerprint density at radius 1 is 1.12 bits per heavy atom. The van der Waals surface area contributed by atoms with Crippen LogP contribution in [0, 0.1) is 0 Å². The minimum Gasteiger partial charge on any atom is -0.497 e. The summed E-state index contributed by atoms with van der Waals surface area (Å²) in [6.07, 6.45) is 2.79. The summed E-state index contributed by atoms with van der Waals surface area (Å²) in [7, 11) is 1.66. The van der Waals surface area contributed by atoms with Crippen LogP contribution in [0.2, 0.25) is 5.02 Å². The Hall–Kier alpha value is -2.93. The van der Waals surface area contributed by atoms with Gasteiger partial charge in [0.05, 0.1) is 17.0 Å². The molecule has 0 radical (unpaired) electrons. The zero-order valence-electron chi connectivity index (χ0n) is 17.7. The fourth-order valence-corrected chi connectivity index (χ4v) is 4.90. The molecule has 2 heterocycles. The Morgan fingerprint density at radius 2 is 2.00 bits per heavy atom. The standard InChI is InChI=1S/C25H24ClN3O2S/c1-31-19-4-2-3-17(12-19)14-28-15-24-21(26)13-23(32-24)22(30)8-6-16-5-7-20-18(11-16)9-10-29-25(20)27/h2-5,7,9-13,28H,6,8,14-15H2,1H3,(H2,27,29). The molecule has 2 aromatic carbocycles. The highest BCUT2D eigenvalue weighted by Crippen LogP contribution is 2.29. The number of rotatable bonds is 9. The molecule has 3 N–H and O–H groups in total. The van der Waals surface area contributed by atoms with Crippen LogP contribution in [0.5, 0.6) is 5.75 Å². The molecule has 32 heavy (non-hydrogen) atoms. The Labute approximate surface area is 196 Å². The lowest BCUT2D eigenvalue weighted by Crippen LogP contribution is -2.12. The second kappa shape index (κ2) is 10.1. The summed E-state index contributed by atoms with van der Waals surface area (Å²) in [6.45, 7) is 1.30. The lowest BCUT2D eigenvalue weighted by atomic mass is 10.0. The number of benzene rings is 2. The van der Waals surface area contributed by atoms with Crippen LogP contribution >= 0.6 is 22.9 Å². The molecule has 164 valence electrons. The number of Topliss-reactive ketones (excluding diaryl/α,β-unsaturated/α-hetero) is 1. The van der Waals surface area contributed by atoms with Crippen LogP contribution in [-0.2, 0) is 19.5 Å². The number of nitrogens with two attached hydrogens (primary N) is 1. The molecule has 7 heteroatoms. The number of thiophene rings is 1. The Kier molecular flexibility index (Phi) is 7.05. The van der Waals surface area contributed by atoms with E-state index in [1.54, 1.807) is 19.4 Å². The predicted molar refractivity (Wildman–Crippen MR) is 132 cm³/mol. The van der Waals surface area contributed by atoms with Crippen molar-refractivity contribution in [2.75, 3.05) is 12.8 Å². The van der Waals surface area contributed by atoms with Gasteiger partial charge in [-0.05, 0) is 47.2 Å². The number of nitrogens with one attached hydrogen (secondary N) is 1. The number of hydrogen-bond acceptors (Lipinski definition) is 6. The number of anilines is 1. The zero-order chi connectivity index (χ0) is 22.5. The summed E-state index contributed by atoms with van der Waals surface area (Å²) in [6, 6.07) is 17.7. The number of hydrogen-bond donors (Lipinski definition) is 2. The van der Waals surface area contributed by atoms with Crippen molar-refractivity contribution < 1.29 is 9.53 Å². The monoisotopic (exact) mass is 465 g/mol. The van der Waals surface area contributed by atoms with Crippen LogP contribution in [0.15, 0.2) is 60.8 Å². The number of halogens is 1. The van der Waals surface area contributed by atoms with E-state index in [4.69, 9.17) is 22.1 Å². The SMILES string of the molecule is COc1cccc(CNCc2sc(C(=O)CCc3ccc4c(N)nccc4c3)cc2Cl)c1. The maximum absolute atomic E-state index is 12.8. The quantitative estimate of drug-likeness (QED) is 0.312. The van der Waals surface area contributed by atoms with Gasteiger partial charge in [0.1, 0.15) is 11.6 Å². The molecule has 0 saturated heterocycles. The largest absolute Gasteiger partial charge is 0.497 e.